The summed E-state index contributed by atoms with van der Waals surface area (Å²) in [5.74, 6) is -0.980. The van der Waals surface area contributed by atoms with Crippen LogP contribution in [0.4, 0.5) is 0 Å². The zero-order valence-electron chi connectivity index (χ0n) is 15.7. The SMILES string of the molecule is CC(C)=CCCC(C)=CCCC(C)=CCNCP(=O)(O)CP(=O)(O)O. The maximum atomic E-state index is 11.6. The lowest BCUT2D eigenvalue weighted by atomic mass is 10.1. The van der Waals surface area contributed by atoms with E-state index in [0.29, 0.717) is 6.54 Å². The van der Waals surface area contributed by atoms with Gasteiger partial charge in [-0.25, -0.2) is 0 Å². The van der Waals surface area contributed by atoms with E-state index in [2.05, 4.69) is 38.2 Å². The fourth-order valence-electron chi connectivity index (χ4n) is 2.16. The van der Waals surface area contributed by atoms with Crippen LogP contribution in [0.3, 0.4) is 0 Å². The van der Waals surface area contributed by atoms with Crippen LogP contribution >= 0.6 is 15.0 Å². The molecule has 0 amide bonds. The van der Waals surface area contributed by atoms with Crippen LogP contribution in [-0.2, 0) is 9.13 Å². The predicted molar refractivity (Wildman–Crippen MR) is 105 cm³/mol. The number of nitrogens with one attached hydrogen (secondary N) is 1. The molecular formula is C17H33NO5P2. The lowest BCUT2D eigenvalue weighted by Gasteiger charge is -2.12. The van der Waals surface area contributed by atoms with Crippen LogP contribution in [0.2, 0.25) is 0 Å². The van der Waals surface area contributed by atoms with E-state index in [0.717, 1.165) is 25.7 Å². The Morgan fingerprint density at radius 1 is 0.880 bits per heavy atom. The molecule has 0 saturated carbocycles. The topological polar surface area (TPSA) is 107 Å². The Labute approximate surface area is 151 Å². The number of hydrogen-bond acceptors (Lipinski definition) is 3. The predicted octanol–water partition coefficient (Wildman–Crippen LogP) is 4.36. The van der Waals surface area contributed by atoms with Gasteiger partial charge in [0.1, 0.15) is 5.90 Å². The highest BCUT2D eigenvalue weighted by Gasteiger charge is 2.28. The molecule has 6 nitrogen and oxygen atoms in total. The summed E-state index contributed by atoms with van der Waals surface area (Å²) >= 11 is 0. The van der Waals surface area contributed by atoms with Crippen LogP contribution in [0.15, 0.2) is 34.9 Å². The second kappa shape index (κ2) is 12.0. The van der Waals surface area contributed by atoms with Crippen LogP contribution < -0.4 is 5.32 Å². The maximum absolute atomic E-state index is 11.6. The summed E-state index contributed by atoms with van der Waals surface area (Å²) in [5, 5.41) is 2.76. The Morgan fingerprint density at radius 2 is 1.40 bits per heavy atom. The van der Waals surface area contributed by atoms with Gasteiger partial charge in [-0.3, -0.25) is 9.13 Å². The minimum Gasteiger partial charge on any atom is -0.343 e. The van der Waals surface area contributed by atoms with Gasteiger partial charge in [0, 0.05) is 6.54 Å². The normalized spacial score (nSPS) is 15.8. The van der Waals surface area contributed by atoms with Crippen molar-refractivity contribution in [3.8, 4) is 0 Å². The van der Waals surface area contributed by atoms with E-state index in [-0.39, 0.29) is 6.29 Å². The van der Waals surface area contributed by atoms with Crippen LogP contribution in [0.5, 0.6) is 0 Å². The number of rotatable bonds is 12. The quantitative estimate of drug-likeness (QED) is 0.223. The molecule has 0 radical (unpaired) electrons. The van der Waals surface area contributed by atoms with Gasteiger partial charge < -0.3 is 20.0 Å². The van der Waals surface area contributed by atoms with Gasteiger partial charge in [-0.05, 0) is 53.4 Å². The molecule has 0 saturated heterocycles. The van der Waals surface area contributed by atoms with Crippen molar-refractivity contribution in [2.24, 2.45) is 0 Å². The Morgan fingerprint density at radius 3 is 1.92 bits per heavy atom. The molecule has 0 spiro atoms. The van der Waals surface area contributed by atoms with Gasteiger partial charge in [-0.1, -0.05) is 34.9 Å². The van der Waals surface area contributed by atoms with E-state index in [1.165, 1.54) is 16.7 Å². The van der Waals surface area contributed by atoms with E-state index in [1.54, 1.807) is 0 Å². The minimum absolute atomic E-state index is 0.300. The second-order valence-corrected chi connectivity index (χ2v) is 11.2. The Hall–Kier alpha value is -0.480. The lowest BCUT2D eigenvalue weighted by molar-refractivity contribution is 0.375. The second-order valence-electron chi connectivity index (χ2n) is 6.72. The molecule has 0 rings (SSSR count). The third kappa shape index (κ3) is 16.7. The van der Waals surface area contributed by atoms with Crippen molar-refractivity contribution in [3.05, 3.63) is 34.9 Å². The molecule has 0 aliphatic rings. The fourth-order valence-corrected chi connectivity index (χ4v) is 5.34. The first-order chi connectivity index (χ1) is 11.4. The van der Waals surface area contributed by atoms with E-state index in [4.69, 9.17) is 9.79 Å². The van der Waals surface area contributed by atoms with Crippen LogP contribution in [0.25, 0.3) is 0 Å². The minimum atomic E-state index is -4.47. The summed E-state index contributed by atoms with van der Waals surface area (Å²) in [6.45, 7) is 8.74. The largest absolute Gasteiger partial charge is 0.343 e. The molecule has 1 unspecified atom stereocenters. The molecule has 0 heterocycles. The fraction of sp³-hybridized carbons (Fsp3) is 0.647. The zero-order valence-corrected chi connectivity index (χ0v) is 17.5. The van der Waals surface area contributed by atoms with Gasteiger partial charge in [0.05, 0.1) is 6.29 Å². The summed E-state index contributed by atoms with van der Waals surface area (Å²) in [4.78, 5) is 27.0. The molecule has 25 heavy (non-hydrogen) atoms. The van der Waals surface area contributed by atoms with Crippen molar-refractivity contribution in [2.45, 2.75) is 53.4 Å². The van der Waals surface area contributed by atoms with Crippen LogP contribution in [0.1, 0.15) is 53.4 Å². The molecule has 8 heteroatoms. The van der Waals surface area contributed by atoms with Gasteiger partial charge in [-0.15, -0.1) is 0 Å². The van der Waals surface area contributed by atoms with Crippen molar-refractivity contribution in [1.29, 1.82) is 0 Å². The molecule has 0 fully saturated rings. The Bertz CT molecular complexity index is 586. The molecule has 0 bridgehead atoms. The maximum Gasteiger partial charge on any atom is 0.335 e. The standard InChI is InChI=1S/C17H33NO5P2/c1-15(2)7-5-8-16(3)9-6-10-17(4)11-12-18-13-24(19,20)14-25(21,22)23/h7,9,11,18H,5-6,8,10,12-14H2,1-4H3,(H,19,20)(H2,21,22,23). The molecule has 0 aliphatic carbocycles. The highest BCUT2D eigenvalue weighted by molar-refractivity contribution is 7.72. The first-order valence-electron chi connectivity index (χ1n) is 8.42. The molecule has 4 N–H and O–H groups in total. The van der Waals surface area contributed by atoms with Gasteiger partial charge in [0.2, 0.25) is 7.37 Å². The van der Waals surface area contributed by atoms with Crippen molar-refractivity contribution in [1.82, 2.24) is 5.32 Å². The summed E-state index contributed by atoms with van der Waals surface area (Å²) < 4.78 is 22.4. The van der Waals surface area contributed by atoms with Gasteiger partial charge in [0.15, 0.2) is 0 Å². The van der Waals surface area contributed by atoms with E-state index >= 15 is 0 Å². The molecule has 0 aromatic heterocycles. The summed E-state index contributed by atoms with van der Waals surface area (Å²) in [6, 6.07) is 0. The third-order valence-electron chi connectivity index (χ3n) is 3.48. The Balaban J connectivity index is 4.08. The van der Waals surface area contributed by atoms with Crippen LogP contribution in [0, 0.1) is 0 Å². The summed E-state index contributed by atoms with van der Waals surface area (Å²) in [5.41, 5.74) is 3.89. The lowest BCUT2D eigenvalue weighted by Crippen LogP contribution is -2.16. The molecule has 0 aliphatic heterocycles. The molecule has 1 atom stereocenters. The zero-order chi connectivity index (χ0) is 19.5. The molecule has 0 aromatic carbocycles. The van der Waals surface area contributed by atoms with Crippen molar-refractivity contribution in [2.75, 3.05) is 18.7 Å². The van der Waals surface area contributed by atoms with E-state index in [9.17, 15) is 14.0 Å². The monoisotopic (exact) mass is 393 g/mol. The molecular weight excluding hydrogens is 360 g/mol. The third-order valence-corrected chi connectivity index (χ3v) is 7.44. The van der Waals surface area contributed by atoms with Crippen molar-refractivity contribution >= 4 is 15.0 Å². The molecule has 0 aromatic rings. The summed E-state index contributed by atoms with van der Waals surface area (Å²) in [6.07, 6.45) is 10.1. The number of allylic oxidation sites excluding steroid dienone is 5. The van der Waals surface area contributed by atoms with Gasteiger partial charge in [0.25, 0.3) is 0 Å². The van der Waals surface area contributed by atoms with E-state index in [1.807, 2.05) is 13.0 Å². The van der Waals surface area contributed by atoms with Crippen molar-refractivity contribution in [3.63, 3.8) is 0 Å². The summed E-state index contributed by atoms with van der Waals surface area (Å²) in [7, 11) is -8.32. The van der Waals surface area contributed by atoms with Gasteiger partial charge >= 0.3 is 7.60 Å². The average molecular weight is 393 g/mol. The highest BCUT2D eigenvalue weighted by atomic mass is 31.2. The van der Waals surface area contributed by atoms with Crippen molar-refractivity contribution < 1.29 is 23.8 Å². The number of hydrogen-bond donors (Lipinski definition) is 4. The van der Waals surface area contributed by atoms with E-state index < -0.39 is 20.9 Å². The average Bonchev–Trinajstić information content (AvgIpc) is 2.40. The first-order valence-corrected chi connectivity index (χ1v) is 12.2. The smallest absolute Gasteiger partial charge is 0.335 e. The van der Waals surface area contributed by atoms with Gasteiger partial charge in [-0.2, -0.15) is 0 Å². The highest BCUT2D eigenvalue weighted by Crippen LogP contribution is 2.53. The Kier molecular flexibility index (Phi) is 11.8. The molecule has 146 valence electrons. The first kappa shape index (κ1) is 24.5. The van der Waals surface area contributed by atoms with Crippen LogP contribution in [-0.4, -0.2) is 33.4 Å².